The number of benzene rings is 1. The van der Waals surface area contributed by atoms with Gasteiger partial charge in [0.05, 0.1) is 0 Å². The molecule has 1 aromatic carbocycles. The van der Waals surface area contributed by atoms with E-state index in [-0.39, 0.29) is 0 Å². The van der Waals surface area contributed by atoms with Crippen LogP contribution in [0.25, 0.3) is 0 Å². The Morgan fingerprint density at radius 2 is 2.20 bits per heavy atom. The van der Waals surface area contributed by atoms with Crippen LogP contribution in [0.3, 0.4) is 0 Å². The van der Waals surface area contributed by atoms with Crippen molar-refractivity contribution in [1.29, 1.82) is 0 Å². The molecule has 0 saturated carbocycles. The lowest BCUT2D eigenvalue weighted by Crippen LogP contribution is -2.05. The van der Waals surface area contributed by atoms with Crippen LogP contribution < -0.4 is 10.5 Å². The van der Waals surface area contributed by atoms with Crippen LogP contribution in [0, 0.1) is 6.92 Å². The van der Waals surface area contributed by atoms with Crippen LogP contribution in [0.5, 0.6) is 5.75 Å². The minimum atomic E-state index is 0.478. The molecular weight excluding hydrogens is 254 g/mol. The molecule has 0 spiro atoms. The average Bonchev–Trinajstić information content (AvgIpc) is 2.14. The summed E-state index contributed by atoms with van der Waals surface area (Å²) in [6.07, 6.45) is 0. The van der Waals surface area contributed by atoms with Crippen LogP contribution in [-0.4, -0.2) is 6.61 Å². The summed E-state index contributed by atoms with van der Waals surface area (Å²) >= 11 is 3.44. The van der Waals surface area contributed by atoms with Gasteiger partial charge in [-0.15, -0.1) is 0 Å². The first-order valence-corrected chi connectivity index (χ1v) is 5.60. The zero-order valence-electron chi connectivity index (χ0n) is 9.14. The number of hydrogen-bond donors (Lipinski definition) is 1. The Morgan fingerprint density at radius 1 is 1.53 bits per heavy atom. The molecule has 0 radical (unpaired) electrons. The Balaban J connectivity index is 2.98. The van der Waals surface area contributed by atoms with Crippen molar-refractivity contribution in [3.8, 4) is 5.75 Å². The van der Waals surface area contributed by atoms with Crippen LogP contribution >= 0.6 is 15.9 Å². The number of rotatable bonds is 4. The highest BCUT2D eigenvalue weighted by Gasteiger charge is 2.07. The van der Waals surface area contributed by atoms with Crippen LogP contribution in [0.1, 0.15) is 18.1 Å². The monoisotopic (exact) mass is 269 g/mol. The normalized spacial score (nSPS) is 10.1. The molecule has 82 valence electrons. The fraction of sp³-hybridized carbons (Fsp3) is 0.333. The van der Waals surface area contributed by atoms with E-state index in [0.29, 0.717) is 13.2 Å². The largest absolute Gasteiger partial charge is 0.489 e. The highest BCUT2D eigenvalue weighted by atomic mass is 79.9. The van der Waals surface area contributed by atoms with Crippen molar-refractivity contribution in [1.82, 2.24) is 0 Å². The third-order valence-corrected chi connectivity index (χ3v) is 2.46. The molecule has 2 N–H and O–H groups in total. The molecule has 0 fully saturated rings. The van der Waals surface area contributed by atoms with Crippen molar-refractivity contribution in [2.24, 2.45) is 5.73 Å². The smallest absolute Gasteiger partial charge is 0.127 e. The maximum absolute atomic E-state index is 5.67. The summed E-state index contributed by atoms with van der Waals surface area (Å²) in [7, 11) is 0. The van der Waals surface area contributed by atoms with E-state index in [9.17, 15) is 0 Å². The fourth-order valence-electron chi connectivity index (χ4n) is 1.35. The number of nitrogens with two attached hydrogens (primary N) is 1. The van der Waals surface area contributed by atoms with Crippen molar-refractivity contribution < 1.29 is 4.74 Å². The summed E-state index contributed by atoms with van der Waals surface area (Å²) in [5.41, 5.74) is 8.78. The summed E-state index contributed by atoms with van der Waals surface area (Å²) in [5.74, 6) is 0.878. The summed E-state index contributed by atoms with van der Waals surface area (Å²) < 4.78 is 6.71. The molecule has 0 aliphatic heterocycles. The lowest BCUT2D eigenvalue weighted by molar-refractivity contribution is 0.346. The zero-order chi connectivity index (χ0) is 11.4. The molecule has 0 aliphatic carbocycles. The van der Waals surface area contributed by atoms with Crippen LogP contribution in [0.4, 0.5) is 0 Å². The summed E-state index contributed by atoms with van der Waals surface area (Å²) in [5, 5.41) is 0. The summed E-state index contributed by atoms with van der Waals surface area (Å²) in [6, 6.07) is 4.01. The fourth-order valence-corrected chi connectivity index (χ4v) is 1.97. The average molecular weight is 270 g/mol. The van der Waals surface area contributed by atoms with Crippen LogP contribution in [-0.2, 0) is 6.54 Å². The van der Waals surface area contributed by atoms with E-state index in [1.165, 1.54) is 0 Å². The van der Waals surface area contributed by atoms with Gasteiger partial charge in [0, 0.05) is 16.6 Å². The SMILES string of the molecule is C=C(C)COc1c(C)cc(Br)cc1CN. The minimum absolute atomic E-state index is 0.478. The zero-order valence-corrected chi connectivity index (χ0v) is 10.7. The molecule has 3 heteroatoms. The van der Waals surface area contributed by atoms with Crippen molar-refractivity contribution in [3.05, 3.63) is 39.9 Å². The van der Waals surface area contributed by atoms with E-state index < -0.39 is 0 Å². The van der Waals surface area contributed by atoms with E-state index in [2.05, 4.69) is 22.5 Å². The second kappa shape index (κ2) is 5.33. The van der Waals surface area contributed by atoms with Gasteiger partial charge >= 0.3 is 0 Å². The summed E-state index contributed by atoms with van der Waals surface area (Å²) in [4.78, 5) is 0. The Hall–Kier alpha value is -0.800. The van der Waals surface area contributed by atoms with Gasteiger partial charge in [0.2, 0.25) is 0 Å². The molecule has 0 aromatic heterocycles. The number of ether oxygens (including phenoxy) is 1. The Labute approximate surface area is 99.3 Å². The first-order valence-electron chi connectivity index (χ1n) is 4.81. The standard InChI is InChI=1S/C12H16BrNO/c1-8(2)7-15-12-9(3)4-11(13)5-10(12)6-14/h4-5H,1,6-7,14H2,2-3H3. The molecule has 0 aliphatic rings. The molecule has 1 aromatic rings. The lowest BCUT2D eigenvalue weighted by Gasteiger charge is -2.13. The molecule has 15 heavy (non-hydrogen) atoms. The summed E-state index contributed by atoms with van der Waals surface area (Å²) in [6.45, 7) is 8.77. The predicted octanol–water partition coefficient (Wildman–Crippen LogP) is 3.17. The molecule has 1 rings (SSSR count). The van der Waals surface area contributed by atoms with E-state index in [1.54, 1.807) is 0 Å². The number of hydrogen-bond acceptors (Lipinski definition) is 2. The maximum atomic E-state index is 5.67. The van der Waals surface area contributed by atoms with Gasteiger partial charge in [-0.1, -0.05) is 22.5 Å². The van der Waals surface area contributed by atoms with Crippen molar-refractivity contribution in [3.63, 3.8) is 0 Å². The molecule has 0 bridgehead atoms. The Kier molecular flexibility index (Phi) is 4.36. The first-order chi connectivity index (χ1) is 7.04. The van der Waals surface area contributed by atoms with Crippen molar-refractivity contribution in [2.75, 3.05) is 6.61 Å². The second-order valence-electron chi connectivity index (χ2n) is 3.66. The third-order valence-electron chi connectivity index (χ3n) is 2.00. The first kappa shape index (κ1) is 12.3. The van der Waals surface area contributed by atoms with E-state index in [4.69, 9.17) is 10.5 Å². The van der Waals surface area contributed by atoms with Crippen molar-refractivity contribution in [2.45, 2.75) is 20.4 Å². The van der Waals surface area contributed by atoms with Gasteiger partial charge < -0.3 is 10.5 Å². The van der Waals surface area contributed by atoms with Crippen molar-refractivity contribution >= 4 is 15.9 Å². The van der Waals surface area contributed by atoms with Crippen LogP contribution in [0.2, 0.25) is 0 Å². The molecule has 0 unspecified atom stereocenters. The van der Waals surface area contributed by atoms with E-state index >= 15 is 0 Å². The van der Waals surface area contributed by atoms with E-state index in [1.807, 2.05) is 26.0 Å². The highest BCUT2D eigenvalue weighted by Crippen LogP contribution is 2.28. The third kappa shape index (κ3) is 3.36. The topological polar surface area (TPSA) is 35.2 Å². The van der Waals surface area contributed by atoms with Gasteiger partial charge in [-0.25, -0.2) is 0 Å². The molecule has 0 atom stereocenters. The van der Waals surface area contributed by atoms with Crippen LogP contribution in [0.15, 0.2) is 28.8 Å². The number of aryl methyl sites for hydroxylation is 1. The van der Waals surface area contributed by atoms with Gasteiger partial charge in [-0.05, 0) is 37.1 Å². The van der Waals surface area contributed by atoms with Gasteiger partial charge in [0.15, 0.2) is 0 Å². The Bertz CT molecular complexity index is 374. The van der Waals surface area contributed by atoms with Gasteiger partial charge in [0.25, 0.3) is 0 Å². The maximum Gasteiger partial charge on any atom is 0.127 e. The van der Waals surface area contributed by atoms with Gasteiger partial charge in [-0.2, -0.15) is 0 Å². The highest BCUT2D eigenvalue weighted by molar-refractivity contribution is 9.10. The molecular formula is C12H16BrNO. The Morgan fingerprint density at radius 3 is 2.73 bits per heavy atom. The predicted molar refractivity (Wildman–Crippen MR) is 67.1 cm³/mol. The molecule has 0 heterocycles. The van der Waals surface area contributed by atoms with Gasteiger partial charge in [0.1, 0.15) is 12.4 Å². The molecule has 2 nitrogen and oxygen atoms in total. The number of halogens is 1. The van der Waals surface area contributed by atoms with Gasteiger partial charge in [-0.3, -0.25) is 0 Å². The molecule has 0 amide bonds. The molecule has 0 saturated heterocycles. The minimum Gasteiger partial charge on any atom is -0.489 e. The second-order valence-corrected chi connectivity index (χ2v) is 4.58. The quantitative estimate of drug-likeness (QED) is 0.853. The van der Waals surface area contributed by atoms with E-state index in [0.717, 1.165) is 26.9 Å². The lowest BCUT2D eigenvalue weighted by atomic mass is 10.1.